The van der Waals surface area contributed by atoms with Gasteiger partial charge in [-0.25, -0.2) is 4.98 Å². The van der Waals surface area contributed by atoms with Crippen molar-refractivity contribution in [3.05, 3.63) is 23.9 Å². The largest absolute Gasteiger partial charge is 0.481 e. The smallest absolute Gasteiger partial charge is 0.314 e. The molecule has 1 heterocycles. The van der Waals surface area contributed by atoms with Crippen LogP contribution in [0.5, 0.6) is 0 Å². The molecular formula is C9H10N2O2. The molecule has 0 bridgehead atoms. The zero-order chi connectivity index (χ0) is 9.47. The highest BCUT2D eigenvalue weighted by Crippen LogP contribution is 2.48. The van der Waals surface area contributed by atoms with Gasteiger partial charge in [0.1, 0.15) is 5.82 Å². The van der Waals surface area contributed by atoms with Gasteiger partial charge in [-0.3, -0.25) is 4.79 Å². The summed E-state index contributed by atoms with van der Waals surface area (Å²) >= 11 is 0. The molecule has 0 amide bonds. The van der Waals surface area contributed by atoms with E-state index in [9.17, 15) is 4.79 Å². The van der Waals surface area contributed by atoms with Crippen LogP contribution in [0.1, 0.15) is 18.4 Å². The predicted octanol–water partition coefficient (Wildman–Crippen LogP) is 0.780. The van der Waals surface area contributed by atoms with Crippen molar-refractivity contribution in [2.75, 3.05) is 5.73 Å². The average molecular weight is 178 g/mol. The second-order valence-corrected chi connectivity index (χ2v) is 3.36. The molecule has 68 valence electrons. The lowest BCUT2D eigenvalue weighted by Gasteiger charge is -2.08. The Morgan fingerprint density at radius 1 is 1.54 bits per heavy atom. The highest BCUT2D eigenvalue weighted by Gasteiger charge is 2.51. The maximum Gasteiger partial charge on any atom is 0.314 e. The van der Waals surface area contributed by atoms with E-state index in [0.29, 0.717) is 18.7 Å². The van der Waals surface area contributed by atoms with Gasteiger partial charge in [0.15, 0.2) is 0 Å². The number of nitrogens with zero attached hydrogens (tertiary/aromatic N) is 1. The van der Waals surface area contributed by atoms with Gasteiger partial charge >= 0.3 is 5.97 Å². The second-order valence-electron chi connectivity index (χ2n) is 3.36. The molecule has 4 heteroatoms. The van der Waals surface area contributed by atoms with E-state index in [1.165, 1.54) is 0 Å². The minimum atomic E-state index is -0.765. The fourth-order valence-electron chi connectivity index (χ4n) is 1.44. The topological polar surface area (TPSA) is 76.2 Å². The van der Waals surface area contributed by atoms with E-state index < -0.39 is 11.4 Å². The molecule has 1 fully saturated rings. The standard InChI is InChI=1S/C9H10N2O2/c10-7-2-1-6(5-11-7)9(3-4-9)8(12)13/h1-2,5H,3-4H2,(H2,10,11)(H,12,13). The third-order valence-corrected chi connectivity index (χ3v) is 2.50. The number of aromatic nitrogens is 1. The quantitative estimate of drug-likeness (QED) is 0.701. The van der Waals surface area contributed by atoms with E-state index in [1.54, 1.807) is 18.3 Å². The van der Waals surface area contributed by atoms with Crippen LogP contribution in [0, 0.1) is 0 Å². The maximum atomic E-state index is 10.9. The van der Waals surface area contributed by atoms with Gasteiger partial charge in [-0.2, -0.15) is 0 Å². The van der Waals surface area contributed by atoms with Gasteiger partial charge in [-0.15, -0.1) is 0 Å². The minimum absolute atomic E-state index is 0.421. The van der Waals surface area contributed by atoms with Crippen molar-refractivity contribution >= 4 is 11.8 Å². The molecule has 0 atom stereocenters. The molecule has 1 aromatic heterocycles. The molecule has 4 nitrogen and oxygen atoms in total. The van der Waals surface area contributed by atoms with Gasteiger partial charge in [-0.1, -0.05) is 6.07 Å². The highest BCUT2D eigenvalue weighted by atomic mass is 16.4. The summed E-state index contributed by atoms with van der Waals surface area (Å²) in [6.07, 6.45) is 2.96. The molecule has 0 aliphatic heterocycles. The van der Waals surface area contributed by atoms with Crippen molar-refractivity contribution < 1.29 is 9.90 Å². The first-order valence-electron chi connectivity index (χ1n) is 4.10. The number of carboxylic acid groups (broad SMARTS) is 1. The van der Waals surface area contributed by atoms with Crippen molar-refractivity contribution in [2.24, 2.45) is 0 Å². The van der Waals surface area contributed by atoms with Crippen LogP contribution >= 0.6 is 0 Å². The third-order valence-electron chi connectivity index (χ3n) is 2.50. The molecule has 0 aromatic carbocycles. The van der Waals surface area contributed by atoms with Crippen LogP contribution in [0.15, 0.2) is 18.3 Å². The van der Waals surface area contributed by atoms with Crippen molar-refractivity contribution in [3.63, 3.8) is 0 Å². The molecule has 1 aliphatic rings. The minimum Gasteiger partial charge on any atom is -0.481 e. The third kappa shape index (κ3) is 1.14. The van der Waals surface area contributed by atoms with Gasteiger partial charge in [0.25, 0.3) is 0 Å². The Morgan fingerprint density at radius 2 is 2.23 bits per heavy atom. The fourth-order valence-corrected chi connectivity index (χ4v) is 1.44. The Hall–Kier alpha value is -1.58. The molecule has 3 N–H and O–H groups in total. The van der Waals surface area contributed by atoms with Crippen molar-refractivity contribution in [2.45, 2.75) is 18.3 Å². The Bertz CT molecular complexity index is 341. The molecule has 0 spiro atoms. The highest BCUT2D eigenvalue weighted by molar-refractivity contribution is 5.84. The Morgan fingerprint density at radius 3 is 2.62 bits per heavy atom. The SMILES string of the molecule is Nc1ccc(C2(C(=O)O)CC2)cn1. The molecule has 1 aromatic rings. The molecular weight excluding hydrogens is 168 g/mol. The number of hydrogen-bond acceptors (Lipinski definition) is 3. The predicted molar refractivity (Wildman–Crippen MR) is 47.2 cm³/mol. The van der Waals surface area contributed by atoms with E-state index in [1.807, 2.05) is 0 Å². The molecule has 13 heavy (non-hydrogen) atoms. The number of nitrogen functional groups attached to an aromatic ring is 1. The molecule has 1 aliphatic carbocycles. The molecule has 2 rings (SSSR count). The van der Waals surface area contributed by atoms with Crippen LogP contribution in [-0.4, -0.2) is 16.1 Å². The summed E-state index contributed by atoms with van der Waals surface area (Å²) in [7, 11) is 0. The number of carbonyl (C=O) groups is 1. The summed E-state index contributed by atoms with van der Waals surface area (Å²) in [4.78, 5) is 14.8. The van der Waals surface area contributed by atoms with Crippen LogP contribution in [0.3, 0.4) is 0 Å². The molecule has 0 unspecified atom stereocenters. The van der Waals surface area contributed by atoms with Gasteiger partial charge < -0.3 is 10.8 Å². The Kier molecular flexibility index (Phi) is 1.52. The van der Waals surface area contributed by atoms with E-state index >= 15 is 0 Å². The number of rotatable bonds is 2. The average Bonchev–Trinajstić information content (AvgIpc) is 2.86. The lowest BCUT2D eigenvalue weighted by Crippen LogP contribution is -2.19. The van der Waals surface area contributed by atoms with Crippen LogP contribution in [0.2, 0.25) is 0 Å². The van der Waals surface area contributed by atoms with E-state index in [2.05, 4.69) is 4.98 Å². The van der Waals surface area contributed by atoms with Crippen molar-refractivity contribution in [1.82, 2.24) is 4.98 Å². The maximum absolute atomic E-state index is 10.9. The first-order valence-corrected chi connectivity index (χ1v) is 4.10. The van der Waals surface area contributed by atoms with Crippen LogP contribution in [0.25, 0.3) is 0 Å². The van der Waals surface area contributed by atoms with Gasteiger partial charge in [-0.05, 0) is 24.5 Å². The summed E-state index contributed by atoms with van der Waals surface area (Å²) in [5.41, 5.74) is 5.50. The van der Waals surface area contributed by atoms with E-state index in [0.717, 1.165) is 5.56 Å². The number of pyridine rings is 1. The number of hydrogen-bond donors (Lipinski definition) is 2. The van der Waals surface area contributed by atoms with Crippen molar-refractivity contribution in [3.8, 4) is 0 Å². The first-order chi connectivity index (χ1) is 6.15. The molecule has 0 saturated heterocycles. The first kappa shape index (κ1) is 8.04. The summed E-state index contributed by atoms with van der Waals surface area (Å²) in [6.45, 7) is 0. The number of carboxylic acids is 1. The molecule has 0 radical (unpaired) electrons. The van der Waals surface area contributed by atoms with Gasteiger partial charge in [0, 0.05) is 6.20 Å². The van der Waals surface area contributed by atoms with Crippen LogP contribution < -0.4 is 5.73 Å². The normalized spacial score (nSPS) is 18.2. The summed E-state index contributed by atoms with van der Waals surface area (Å²) in [5.74, 6) is -0.344. The van der Waals surface area contributed by atoms with Gasteiger partial charge in [0.2, 0.25) is 0 Å². The second kappa shape index (κ2) is 2.45. The number of nitrogens with two attached hydrogens (primary N) is 1. The summed E-state index contributed by atoms with van der Waals surface area (Å²) in [5, 5.41) is 8.97. The fraction of sp³-hybridized carbons (Fsp3) is 0.333. The lowest BCUT2D eigenvalue weighted by molar-refractivity contribution is -0.140. The Balaban J connectivity index is 2.36. The summed E-state index contributed by atoms with van der Waals surface area (Å²) in [6, 6.07) is 3.38. The lowest BCUT2D eigenvalue weighted by atomic mass is 9.98. The van der Waals surface area contributed by atoms with Gasteiger partial charge in [0.05, 0.1) is 5.41 Å². The van der Waals surface area contributed by atoms with Crippen molar-refractivity contribution in [1.29, 1.82) is 0 Å². The zero-order valence-corrected chi connectivity index (χ0v) is 7.03. The van der Waals surface area contributed by atoms with Crippen LogP contribution in [-0.2, 0) is 10.2 Å². The summed E-state index contributed by atoms with van der Waals surface area (Å²) < 4.78 is 0. The Labute approximate surface area is 75.4 Å². The van der Waals surface area contributed by atoms with Crippen LogP contribution in [0.4, 0.5) is 5.82 Å². The van der Waals surface area contributed by atoms with E-state index in [4.69, 9.17) is 10.8 Å². The van der Waals surface area contributed by atoms with E-state index in [-0.39, 0.29) is 0 Å². The zero-order valence-electron chi connectivity index (χ0n) is 7.03. The molecule has 1 saturated carbocycles. The number of anilines is 1. The monoisotopic (exact) mass is 178 g/mol. The number of aliphatic carboxylic acids is 1.